The van der Waals surface area contributed by atoms with Crippen LogP contribution in [0.2, 0.25) is 0 Å². The van der Waals surface area contributed by atoms with Crippen LogP contribution in [0, 0.1) is 27.7 Å². The Balaban J connectivity index is 0.000000412. The number of pyridine rings is 5. The number of H-pyrrole nitrogens is 5. The monoisotopic (exact) mass is 2230 g/mol. The second-order valence-electron chi connectivity index (χ2n) is 28.4. The highest BCUT2D eigenvalue weighted by Crippen LogP contribution is 2.40. The number of carbonyl (C=O) groups excluding carboxylic acids is 5. The first kappa shape index (κ1) is 118. The number of amides is 1. The number of aromatic amines is 5. The standard InChI is InChI=1S/C24H26N4O3S.C16H17BrN4O3S.C12H16BrNO4.C12H17NO4.C10H14BrN3O3.C8H11BO2.C5H7NS.CO2.Br2.H4N2/c1-4-6-10-18-20(16-9-7-8-15(5-2)11-16)22(29)21(23(30)26-18)24-28-27-19(31-24)12-17-13-32-14(3)25-17;1-3-4-5-10-13(17)14(22)12(15(23)19-10)16-21-20-11(24-16)6-9-7-25-8(2)18-9;1-3-5-6-7-9(13)10(15)8(11(16)14-7)12(17)18-4-2;1-3-5-6-8-7-9(14)10(11(15)13-8)12(16)17-4-2;1-2-3-4-5-7(11)8(15)6(9(16)13-5)10(17)14-12;1-2-7-4-3-5-8(6-7)9(10)11;1-4-3-7-5(2)6-4;2-1-3;2*1-2/h7-9,11,13H,4-6,10,12H2,1-3H3,(H2,26,29,30);7H,3-6H2,1-2H3,(H2,19,22,23);3-6H2,1-2H3,(H2,14,15,16);7H,3-6H2,1-2H3,(H2,13,14,15);2-4,12H2,1H3,(H,14,17)(H2,13,15,16);3-6,10-11H,2H2,1H3;3H,1-2H3;;;1-2H2. The Morgan fingerprint density at radius 1 is 0.485 bits per heavy atom. The lowest BCUT2D eigenvalue weighted by Gasteiger charge is -2.14. The van der Waals surface area contributed by atoms with Crippen LogP contribution < -0.4 is 56.2 Å². The van der Waals surface area contributed by atoms with Crippen molar-refractivity contribution in [1.82, 2.24) is 65.7 Å². The smallest absolute Gasteiger partial charge is 0.488 e. The maximum absolute atomic E-state index is 12.9. The van der Waals surface area contributed by atoms with Crippen molar-refractivity contribution < 1.29 is 77.9 Å². The Morgan fingerprint density at radius 2 is 0.873 bits per heavy atom. The first-order valence-corrected chi connectivity index (χ1v) is 50.9. The zero-order valence-electron chi connectivity index (χ0n) is 76.2. The van der Waals surface area contributed by atoms with Crippen LogP contribution >= 0.6 is 110 Å². The first-order chi connectivity index (χ1) is 64.1. The van der Waals surface area contributed by atoms with Crippen molar-refractivity contribution in [2.75, 3.05) is 13.2 Å². The lowest BCUT2D eigenvalue weighted by Crippen LogP contribution is -2.34. The van der Waals surface area contributed by atoms with E-state index in [1.54, 1.807) is 48.7 Å². The molecule has 12 aromatic rings. The molecule has 46 heteroatoms. The molecule has 10 aromatic heterocycles. The van der Waals surface area contributed by atoms with Gasteiger partial charge < -0.3 is 78.8 Å². The van der Waals surface area contributed by atoms with Crippen LogP contribution in [-0.2, 0) is 76.9 Å². The highest BCUT2D eigenvalue weighted by Gasteiger charge is 2.28. The van der Waals surface area contributed by atoms with Crippen molar-refractivity contribution in [2.24, 2.45) is 17.5 Å². The number of rotatable bonds is 30. The van der Waals surface area contributed by atoms with Gasteiger partial charge in [0.15, 0.2) is 16.9 Å². The summed E-state index contributed by atoms with van der Waals surface area (Å²) in [5.41, 5.74) is 8.16. The summed E-state index contributed by atoms with van der Waals surface area (Å²) >= 11 is 20.0. The number of benzene rings is 2. The fourth-order valence-electron chi connectivity index (χ4n) is 12.0. The van der Waals surface area contributed by atoms with E-state index in [1.807, 2.05) is 108 Å². The minimum Gasteiger partial charge on any atom is -0.507 e. The molecule has 0 spiro atoms. The Kier molecular flexibility index (Phi) is 55.2. The summed E-state index contributed by atoms with van der Waals surface area (Å²) in [7, 11) is -1.35. The van der Waals surface area contributed by atoms with Gasteiger partial charge in [-0.05, 0) is 189 Å². The van der Waals surface area contributed by atoms with Crippen LogP contribution in [-0.4, -0.2) is 140 Å². The summed E-state index contributed by atoms with van der Waals surface area (Å²) in [6, 6.07) is 16.7. The molecular weight excluding hydrogens is 2120 g/mol. The van der Waals surface area contributed by atoms with E-state index in [1.165, 1.54) is 17.4 Å². The topological polar surface area (TPSA) is 616 Å². The Bertz CT molecular complexity index is 6050. The average molecular weight is 2240 g/mol. The van der Waals surface area contributed by atoms with E-state index in [-0.39, 0.29) is 87.7 Å². The normalized spacial score (nSPS) is 10.2. The number of hydrazine groups is 2. The number of aromatic nitrogens is 12. The molecule has 0 saturated heterocycles. The molecule has 12 rings (SSSR count). The quantitative estimate of drug-likeness (QED) is 0.00653. The van der Waals surface area contributed by atoms with Crippen molar-refractivity contribution in [2.45, 2.75) is 212 Å². The maximum atomic E-state index is 12.9. The minimum atomic E-state index is -1.35. The highest BCUT2D eigenvalue weighted by atomic mass is 80.9. The molecule has 1 amide bonds. The third-order valence-electron chi connectivity index (χ3n) is 18.6. The molecule has 0 bridgehead atoms. The average Bonchev–Trinajstić information content (AvgIpc) is 1.38. The molecule has 134 heavy (non-hydrogen) atoms. The molecule has 0 aliphatic rings. The molecule has 726 valence electrons. The van der Waals surface area contributed by atoms with Crippen LogP contribution in [0.25, 0.3) is 34.0 Å². The number of nitrogens with one attached hydrogen (secondary N) is 6. The van der Waals surface area contributed by atoms with Gasteiger partial charge in [0.25, 0.3) is 45.5 Å². The Morgan fingerprint density at radius 3 is 1.28 bits per heavy atom. The Labute approximate surface area is 825 Å². The number of carbonyl (C=O) groups is 3. The van der Waals surface area contributed by atoms with E-state index >= 15 is 0 Å². The third kappa shape index (κ3) is 36.9. The molecule has 19 N–H and O–H groups in total. The fourth-order valence-corrected chi connectivity index (χ4v) is 15.3. The zero-order valence-corrected chi connectivity index (χ0v) is 86.6. The summed E-state index contributed by atoms with van der Waals surface area (Å²) < 4.78 is 21.9. The molecule has 0 atom stereocenters. The van der Waals surface area contributed by atoms with Crippen LogP contribution in [0.3, 0.4) is 0 Å². The number of aryl methyl sites for hydroxylation is 11. The number of hydrogen-bond acceptors (Lipinski definition) is 34. The molecule has 0 aliphatic heterocycles. The number of ether oxygens (including phenoxy) is 2. The van der Waals surface area contributed by atoms with Crippen LogP contribution in [0.4, 0.5) is 0 Å². The summed E-state index contributed by atoms with van der Waals surface area (Å²) in [6.45, 7) is 25.8. The lowest BCUT2D eigenvalue weighted by atomic mass is 9.79. The number of thiazole rings is 3. The van der Waals surface area contributed by atoms with Crippen LogP contribution in [0.15, 0.2) is 117 Å². The third-order valence-corrected chi connectivity index (χ3v) is 23.6. The van der Waals surface area contributed by atoms with Crippen molar-refractivity contribution >= 4 is 147 Å². The summed E-state index contributed by atoms with van der Waals surface area (Å²) in [4.78, 5) is 137. The maximum Gasteiger partial charge on any atom is 0.488 e. The van der Waals surface area contributed by atoms with Gasteiger partial charge in [0.1, 0.15) is 39.7 Å². The van der Waals surface area contributed by atoms with E-state index in [0.717, 1.165) is 126 Å². The second-order valence-corrected chi connectivity index (χ2v) is 34.0. The van der Waals surface area contributed by atoms with Gasteiger partial charge in [0.05, 0.1) is 65.9 Å². The van der Waals surface area contributed by atoms with Crippen molar-refractivity contribution in [3.05, 3.63) is 236 Å². The molecular formula is C88H112BBr5N16O21S3. The number of aromatic hydroxyl groups is 5. The van der Waals surface area contributed by atoms with E-state index in [0.29, 0.717) is 110 Å². The van der Waals surface area contributed by atoms with E-state index < -0.39 is 52.8 Å². The zero-order chi connectivity index (χ0) is 100. The highest BCUT2D eigenvalue weighted by molar-refractivity contribution is 9.93. The lowest BCUT2D eigenvalue weighted by molar-refractivity contribution is -0.191. The van der Waals surface area contributed by atoms with Crippen molar-refractivity contribution in [3.63, 3.8) is 0 Å². The van der Waals surface area contributed by atoms with Gasteiger partial charge in [-0.15, -0.1) is 54.4 Å². The largest absolute Gasteiger partial charge is 0.507 e. The molecule has 0 radical (unpaired) electrons. The molecule has 0 fully saturated rings. The van der Waals surface area contributed by atoms with Gasteiger partial charge >= 0.3 is 25.2 Å². The molecule has 0 saturated carbocycles. The summed E-state index contributed by atoms with van der Waals surface area (Å²) in [5, 5.41) is 93.5. The summed E-state index contributed by atoms with van der Waals surface area (Å²) in [6.07, 6.45) is 15.4. The molecule has 2 aromatic carbocycles. The number of halogens is 5. The van der Waals surface area contributed by atoms with Crippen molar-refractivity contribution in [3.8, 4) is 62.8 Å². The molecule has 10 heterocycles. The first-order valence-electron chi connectivity index (χ1n) is 42.1. The Hall–Kier alpha value is -10.6. The van der Waals surface area contributed by atoms with Gasteiger partial charge in [-0.3, -0.25) is 45.9 Å². The van der Waals surface area contributed by atoms with E-state index in [2.05, 4.69) is 174 Å². The van der Waals surface area contributed by atoms with Crippen LogP contribution in [0.1, 0.15) is 241 Å². The SMILES string of the molecule is BrBr.CCCCc1[nH]c(=O)c(-c2nnc(Cc3csc(C)n3)o2)c(O)c1-c1cccc(CC)c1.CCCCc1[nH]c(=O)c(-c2nnc(Cc3csc(C)n3)o2)c(O)c1Br.CCCCc1[nH]c(=O)c(C(=O)NN)c(O)c1Br.CCCCc1[nH]c(=O)c(C(=O)OCC)c(O)c1Br.CCCCc1cc(O)c(C(=O)OCC)c(=O)[nH]1.CCc1cccc(B(O)O)c1.Cc1csc(C)n1.NN.O=C=O. The van der Waals surface area contributed by atoms with Crippen molar-refractivity contribution in [1.29, 1.82) is 0 Å². The number of unbranched alkanes of at least 4 members (excludes halogenated alkanes) is 5. The molecule has 37 nitrogen and oxygen atoms in total. The van der Waals surface area contributed by atoms with Gasteiger partial charge in [-0.2, -0.15) is 9.59 Å². The fraction of sp³-hybridized carbons (Fsp3) is 0.386. The number of hydrogen-bond donors (Lipinski definition) is 16. The van der Waals surface area contributed by atoms with E-state index in [9.17, 15) is 63.9 Å². The number of nitrogens with two attached hydrogens (primary N) is 3. The predicted molar refractivity (Wildman–Crippen MR) is 533 cm³/mol. The van der Waals surface area contributed by atoms with Gasteiger partial charge in [0, 0.05) is 90.2 Å². The minimum absolute atomic E-state index is 0.000592. The summed E-state index contributed by atoms with van der Waals surface area (Å²) in [5.74, 6) is 9.77. The number of nitrogens with zero attached hydrogens (tertiary/aromatic N) is 7. The van der Waals surface area contributed by atoms with E-state index in [4.69, 9.17) is 43.8 Å². The second kappa shape index (κ2) is 62.9. The molecule has 0 aliphatic carbocycles. The van der Waals surface area contributed by atoms with Crippen LogP contribution in [0.5, 0.6) is 28.7 Å². The molecule has 0 unspecified atom stereocenters. The van der Waals surface area contributed by atoms with Gasteiger partial charge in [-0.25, -0.2) is 30.4 Å². The van der Waals surface area contributed by atoms with Gasteiger partial charge in [0.2, 0.25) is 11.8 Å². The number of esters is 2. The predicted octanol–water partition coefficient (Wildman–Crippen LogP) is 15.0. The van der Waals surface area contributed by atoms with Gasteiger partial charge in [-0.1, -0.05) is 129 Å². The number of nitrogen functional groups attached to an aromatic ring is 1.